The minimum Gasteiger partial charge on any atom is -0.337 e. The van der Waals surface area contributed by atoms with E-state index >= 15 is 0 Å². The molecule has 0 N–H and O–H groups in total. The first-order valence-electron chi connectivity index (χ1n) is 7.38. The highest BCUT2D eigenvalue weighted by Crippen LogP contribution is 2.43. The lowest BCUT2D eigenvalue weighted by Crippen LogP contribution is -2.33. The molecule has 0 unspecified atom stereocenters. The summed E-state index contributed by atoms with van der Waals surface area (Å²) in [5.74, 6) is 0.0101. The first kappa shape index (κ1) is 12.5. The molecule has 1 aliphatic heterocycles. The Hall–Kier alpha value is -2.23. The van der Waals surface area contributed by atoms with Crippen LogP contribution in [0.3, 0.4) is 0 Å². The highest BCUT2D eigenvalue weighted by atomic mass is 16.2. The SMILES string of the molecule is O=C(c1cnccn1)N1CCC2(Cc3ccccc3C2)C1. The van der Waals surface area contributed by atoms with Gasteiger partial charge in [0.15, 0.2) is 0 Å². The van der Waals surface area contributed by atoms with Crippen molar-refractivity contribution in [1.29, 1.82) is 0 Å². The summed E-state index contributed by atoms with van der Waals surface area (Å²) in [4.78, 5) is 22.5. The van der Waals surface area contributed by atoms with Crippen LogP contribution >= 0.6 is 0 Å². The molecule has 0 bridgehead atoms. The summed E-state index contributed by atoms with van der Waals surface area (Å²) in [5.41, 5.74) is 3.59. The summed E-state index contributed by atoms with van der Waals surface area (Å²) in [6.45, 7) is 1.65. The van der Waals surface area contributed by atoms with Gasteiger partial charge in [0.05, 0.1) is 6.20 Å². The third kappa shape index (κ3) is 2.11. The number of carbonyl (C=O) groups is 1. The van der Waals surface area contributed by atoms with Gasteiger partial charge in [-0.1, -0.05) is 24.3 Å². The quantitative estimate of drug-likeness (QED) is 0.803. The molecule has 1 fully saturated rings. The van der Waals surface area contributed by atoms with Crippen molar-refractivity contribution in [2.24, 2.45) is 5.41 Å². The predicted octanol–water partition coefficient (Wildman–Crippen LogP) is 2.11. The number of hydrogen-bond donors (Lipinski definition) is 0. The maximum absolute atomic E-state index is 12.5. The van der Waals surface area contributed by atoms with Gasteiger partial charge in [-0.25, -0.2) is 4.98 Å². The zero-order chi connectivity index (χ0) is 14.3. The normalized spacial score (nSPS) is 19.0. The van der Waals surface area contributed by atoms with Gasteiger partial charge in [-0.2, -0.15) is 0 Å². The van der Waals surface area contributed by atoms with Gasteiger partial charge < -0.3 is 4.90 Å². The van der Waals surface area contributed by atoms with Crippen molar-refractivity contribution in [2.45, 2.75) is 19.3 Å². The average molecular weight is 279 g/mol. The van der Waals surface area contributed by atoms with Gasteiger partial charge >= 0.3 is 0 Å². The van der Waals surface area contributed by atoms with Gasteiger partial charge in [0.1, 0.15) is 5.69 Å². The van der Waals surface area contributed by atoms with Crippen molar-refractivity contribution in [1.82, 2.24) is 14.9 Å². The van der Waals surface area contributed by atoms with E-state index in [1.807, 2.05) is 4.90 Å². The average Bonchev–Trinajstić information content (AvgIpc) is 3.10. The lowest BCUT2D eigenvalue weighted by Gasteiger charge is -2.23. The molecule has 1 aromatic carbocycles. The lowest BCUT2D eigenvalue weighted by molar-refractivity contribution is 0.0767. The molecule has 1 aliphatic carbocycles. The largest absolute Gasteiger partial charge is 0.337 e. The molecule has 1 spiro atoms. The van der Waals surface area contributed by atoms with Crippen LogP contribution in [0.5, 0.6) is 0 Å². The van der Waals surface area contributed by atoms with Gasteiger partial charge in [0.25, 0.3) is 5.91 Å². The summed E-state index contributed by atoms with van der Waals surface area (Å²) in [6.07, 6.45) is 7.98. The second kappa shape index (κ2) is 4.65. The molecule has 4 nitrogen and oxygen atoms in total. The highest BCUT2D eigenvalue weighted by molar-refractivity contribution is 5.92. The number of hydrogen-bond acceptors (Lipinski definition) is 3. The molecule has 2 aromatic rings. The fourth-order valence-corrected chi connectivity index (χ4v) is 3.74. The topological polar surface area (TPSA) is 46.1 Å². The number of benzene rings is 1. The molecule has 2 aliphatic rings. The minimum absolute atomic E-state index is 0.0101. The molecule has 0 saturated carbocycles. The van der Waals surface area contributed by atoms with Gasteiger partial charge in [-0.15, -0.1) is 0 Å². The zero-order valence-electron chi connectivity index (χ0n) is 11.8. The summed E-state index contributed by atoms with van der Waals surface area (Å²) >= 11 is 0. The van der Waals surface area contributed by atoms with E-state index < -0.39 is 0 Å². The monoisotopic (exact) mass is 279 g/mol. The molecule has 106 valence electrons. The molecular formula is C17H17N3O. The molecule has 4 rings (SSSR count). The van der Waals surface area contributed by atoms with Crippen molar-refractivity contribution >= 4 is 5.91 Å². The van der Waals surface area contributed by atoms with E-state index in [1.54, 1.807) is 18.6 Å². The van der Waals surface area contributed by atoms with E-state index in [1.165, 1.54) is 11.1 Å². The first-order chi connectivity index (χ1) is 10.3. The predicted molar refractivity (Wildman–Crippen MR) is 78.8 cm³/mol. The van der Waals surface area contributed by atoms with Crippen molar-refractivity contribution in [3.63, 3.8) is 0 Å². The van der Waals surface area contributed by atoms with Crippen LogP contribution in [-0.4, -0.2) is 33.9 Å². The molecule has 1 amide bonds. The molecule has 1 aromatic heterocycles. The number of rotatable bonds is 1. The summed E-state index contributed by atoms with van der Waals surface area (Å²) in [7, 11) is 0. The maximum atomic E-state index is 12.5. The van der Waals surface area contributed by atoms with Crippen LogP contribution in [0.4, 0.5) is 0 Å². The second-order valence-corrected chi connectivity index (χ2v) is 6.19. The Morgan fingerprint density at radius 3 is 2.57 bits per heavy atom. The highest BCUT2D eigenvalue weighted by Gasteiger charge is 2.44. The van der Waals surface area contributed by atoms with Crippen LogP contribution < -0.4 is 0 Å². The van der Waals surface area contributed by atoms with Crippen LogP contribution in [0.1, 0.15) is 28.0 Å². The van der Waals surface area contributed by atoms with Crippen LogP contribution in [0, 0.1) is 5.41 Å². The Morgan fingerprint density at radius 2 is 1.90 bits per heavy atom. The standard InChI is InChI=1S/C17H17N3O/c21-16(15-11-18-6-7-19-15)20-8-5-17(12-20)9-13-3-1-2-4-14(13)10-17/h1-4,6-7,11H,5,8-10,12H2. The number of carbonyl (C=O) groups excluding carboxylic acids is 1. The molecule has 1 saturated heterocycles. The molecule has 0 radical (unpaired) electrons. The van der Waals surface area contributed by atoms with Crippen molar-refractivity contribution in [2.75, 3.05) is 13.1 Å². The van der Waals surface area contributed by atoms with E-state index in [2.05, 4.69) is 34.2 Å². The Morgan fingerprint density at radius 1 is 1.14 bits per heavy atom. The second-order valence-electron chi connectivity index (χ2n) is 6.19. The molecule has 21 heavy (non-hydrogen) atoms. The fraction of sp³-hybridized carbons (Fsp3) is 0.353. The number of nitrogens with zero attached hydrogens (tertiary/aromatic N) is 3. The molecule has 0 atom stereocenters. The molecular weight excluding hydrogens is 262 g/mol. The summed E-state index contributed by atoms with van der Waals surface area (Å²) in [6, 6.07) is 8.65. The number of fused-ring (bicyclic) bond motifs is 1. The lowest BCUT2D eigenvalue weighted by atomic mass is 9.84. The maximum Gasteiger partial charge on any atom is 0.274 e. The molecule has 4 heteroatoms. The van der Waals surface area contributed by atoms with Crippen molar-refractivity contribution in [3.05, 3.63) is 59.7 Å². The van der Waals surface area contributed by atoms with Crippen LogP contribution in [0.25, 0.3) is 0 Å². The van der Waals surface area contributed by atoms with Crippen molar-refractivity contribution < 1.29 is 4.79 Å². The Kier molecular flexibility index (Phi) is 2.77. The van der Waals surface area contributed by atoms with Crippen LogP contribution in [0.15, 0.2) is 42.9 Å². The first-order valence-corrected chi connectivity index (χ1v) is 7.38. The van der Waals surface area contributed by atoms with Crippen LogP contribution in [-0.2, 0) is 12.8 Å². The van der Waals surface area contributed by atoms with E-state index in [0.717, 1.165) is 32.4 Å². The number of aromatic nitrogens is 2. The Balaban J connectivity index is 1.53. The van der Waals surface area contributed by atoms with Crippen molar-refractivity contribution in [3.8, 4) is 0 Å². The van der Waals surface area contributed by atoms with E-state index in [-0.39, 0.29) is 11.3 Å². The van der Waals surface area contributed by atoms with E-state index in [9.17, 15) is 4.79 Å². The summed E-state index contributed by atoms with van der Waals surface area (Å²) in [5, 5.41) is 0. The van der Waals surface area contributed by atoms with E-state index in [0.29, 0.717) is 5.69 Å². The van der Waals surface area contributed by atoms with Crippen LogP contribution in [0.2, 0.25) is 0 Å². The molecule has 2 heterocycles. The van der Waals surface area contributed by atoms with E-state index in [4.69, 9.17) is 0 Å². The number of likely N-dealkylation sites (tertiary alicyclic amines) is 1. The van der Waals surface area contributed by atoms with Gasteiger partial charge in [0.2, 0.25) is 0 Å². The zero-order valence-corrected chi connectivity index (χ0v) is 11.8. The fourth-order valence-electron chi connectivity index (χ4n) is 3.74. The smallest absolute Gasteiger partial charge is 0.274 e. The number of amides is 1. The third-order valence-electron chi connectivity index (χ3n) is 4.76. The summed E-state index contributed by atoms with van der Waals surface area (Å²) < 4.78 is 0. The third-order valence-corrected chi connectivity index (χ3v) is 4.76. The minimum atomic E-state index is 0.0101. The Labute approximate surface area is 123 Å². The van der Waals surface area contributed by atoms with Gasteiger partial charge in [0, 0.05) is 25.5 Å². The van der Waals surface area contributed by atoms with Gasteiger partial charge in [-0.05, 0) is 35.8 Å². The Bertz CT molecular complexity index is 658. The van der Waals surface area contributed by atoms with Gasteiger partial charge in [-0.3, -0.25) is 9.78 Å².